The van der Waals surface area contributed by atoms with Crippen LogP contribution in [0, 0.1) is 0 Å². The molecule has 10 heteroatoms. The molecule has 172 valence electrons. The number of hydrogen-bond acceptors (Lipinski definition) is 10. The third-order valence-corrected chi connectivity index (χ3v) is 5.45. The van der Waals surface area contributed by atoms with Gasteiger partial charge in [-0.15, -0.1) is 0 Å². The summed E-state index contributed by atoms with van der Waals surface area (Å²) in [6, 6.07) is 4.00. The smallest absolute Gasteiger partial charge is 0.330 e. The van der Waals surface area contributed by atoms with Crippen LogP contribution in [0.4, 0.5) is 0 Å². The van der Waals surface area contributed by atoms with Gasteiger partial charge >= 0.3 is 5.97 Å². The highest BCUT2D eigenvalue weighted by atomic mass is 16.7. The number of rotatable bonds is 6. The van der Waals surface area contributed by atoms with E-state index < -0.39 is 55.5 Å². The number of carbonyl (C=O) groups excluding carboxylic acids is 1. The summed E-state index contributed by atoms with van der Waals surface area (Å²) in [5.41, 5.74) is 0.444. The molecule has 1 saturated heterocycles. The van der Waals surface area contributed by atoms with E-state index in [4.69, 9.17) is 14.2 Å². The summed E-state index contributed by atoms with van der Waals surface area (Å²) in [7, 11) is 0. The molecule has 0 amide bonds. The van der Waals surface area contributed by atoms with Crippen LogP contribution < -0.4 is 0 Å². The predicted molar refractivity (Wildman–Crippen MR) is 106 cm³/mol. The molecule has 0 bridgehead atoms. The van der Waals surface area contributed by atoms with E-state index in [1.165, 1.54) is 24.3 Å². The van der Waals surface area contributed by atoms with Crippen molar-refractivity contribution >= 4 is 12.0 Å². The number of phenolic OH excluding ortho intramolecular Hbond substituents is 2. The van der Waals surface area contributed by atoms with E-state index in [9.17, 15) is 35.4 Å². The Morgan fingerprint density at radius 1 is 1.03 bits per heavy atom. The van der Waals surface area contributed by atoms with Crippen LogP contribution in [0.15, 0.2) is 24.3 Å². The number of aromatic hydroxyl groups is 2. The van der Waals surface area contributed by atoms with Crippen molar-refractivity contribution in [2.24, 2.45) is 0 Å². The third kappa shape index (κ3) is 5.94. The molecule has 0 radical (unpaired) electrons. The summed E-state index contributed by atoms with van der Waals surface area (Å²) in [4.78, 5) is 12.0. The average molecular weight is 440 g/mol. The Labute approximate surface area is 178 Å². The maximum atomic E-state index is 12.0. The number of esters is 1. The number of ether oxygens (including phenoxy) is 3. The van der Waals surface area contributed by atoms with Crippen LogP contribution in [0.25, 0.3) is 6.08 Å². The summed E-state index contributed by atoms with van der Waals surface area (Å²) in [5, 5.41) is 59.3. The van der Waals surface area contributed by atoms with Crippen LogP contribution in [-0.2, 0) is 19.0 Å². The quantitative estimate of drug-likeness (QED) is 0.198. The van der Waals surface area contributed by atoms with E-state index in [0.717, 1.165) is 18.9 Å². The molecule has 1 aromatic rings. The third-order valence-electron chi connectivity index (χ3n) is 5.45. The number of hydrogen-bond donors (Lipinski definition) is 6. The van der Waals surface area contributed by atoms with E-state index in [1.807, 2.05) is 0 Å². The van der Waals surface area contributed by atoms with Gasteiger partial charge in [0.05, 0.1) is 12.2 Å². The molecular weight excluding hydrogens is 412 g/mol. The molecule has 1 heterocycles. The van der Waals surface area contributed by atoms with Crippen molar-refractivity contribution in [2.75, 3.05) is 6.61 Å². The number of benzene rings is 1. The van der Waals surface area contributed by atoms with Gasteiger partial charge in [-0.05, 0) is 36.6 Å². The summed E-state index contributed by atoms with van der Waals surface area (Å²) in [6.07, 6.45) is -3.07. The van der Waals surface area contributed by atoms with Crippen molar-refractivity contribution in [1.29, 1.82) is 0 Å². The lowest BCUT2D eigenvalue weighted by Crippen LogP contribution is -2.60. The lowest BCUT2D eigenvalue weighted by molar-refractivity contribution is -0.319. The minimum absolute atomic E-state index is 0.290. The summed E-state index contributed by atoms with van der Waals surface area (Å²) >= 11 is 0. The second kappa shape index (κ2) is 10.4. The zero-order valence-electron chi connectivity index (χ0n) is 16.8. The van der Waals surface area contributed by atoms with E-state index >= 15 is 0 Å². The molecule has 0 spiro atoms. The van der Waals surface area contributed by atoms with Crippen molar-refractivity contribution < 1.29 is 49.6 Å². The van der Waals surface area contributed by atoms with Crippen LogP contribution >= 0.6 is 0 Å². The molecule has 0 aromatic heterocycles. The van der Waals surface area contributed by atoms with Gasteiger partial charge < -0.3 is 44.8 Å². The van der Waals surface area contributed by atoms with Crippen LogP contribution in [0.2, 0.25) is 0 Å². The Morgan fingerprint density at radius 2 is 1.77 bits per heavy atom. The van der Waals surface area contributed by atoms with E-state index in [1.54, 1.807) is 0 Å². The van der Waals surface area contributed by atoms with Gasteiger partial charge in [0.2, 0.25) is 0 Å². The highest BCUT2D eigenvalue weighted by Gasteiger charge is 2.46. The second-order valence-electron chi connectivity index (χ2n) is 7.75. The number of aliphatic hydroxyl groups is 4. The summed E-state index contributed by atoms with van der Waals surface area (Å²) in [5.74, 6) is -1.40. The van der Waals surface area contributed by atoms with Gasteiger partial charge in [-0.25, -0.2) is 4.79 Å². The molecule has 10 nitrogen and oxygen atoms in total. The standard InChI is InChI=1S/C21H28O10/c22-12-7-5-11(9-14(12)24)6-8-17(25)29-10-16-18(26)19(27)20(28)21(31-16)30-15-4-2-1-3-13(15)23/h5-9,13,15-16,18-24,26-28H,1-4,10H2/b8-6+/t13-,15-,16-,18-,19+,20-,21-/m1/s1. The fraction of sp³-hybridized carbons (Fsp3) is 0.571. The van der Waals surface area contributed by atoms with Gasteiger partial charge in [0, 0.05) is 6.08 Å². The number of phenols is 2. The number of aliphatic hydroxyl groups excluding tert-OH is 4. The molecule has 31 heavy (non-hydrogen) atoms. The van der Waals surface area contributed by atoms with Crippen molar-refractivity contribution in [2.45, 2.75) is 68.6 Å². The largest absolute Gasteiger partial charge is 0.504 e. The van der Waals surface area contributed by atoms with Crippen LogP contribution in [0.5, 0.6) is 11.5 Å². The minimum atomic E-state index is -1.58. The minimum Gasteiger partial charge on any atom is -0.504 e. The first kappa shape index (κ1) is 23.5. The normalized spacial score (nSPS) is 34.0. The Hall–Kier alpha value is -2.21. The van der Waals surface area contributed by atoms with Gasteiger partial charge in [0.1, 0.15) is 31.0 Å². The Kier molecular flexibility index (Phi) is 7.87. The fourth-order valence-electron chi connectivity index (χ4n) is 3.60. The molecule has 1 aliphatic heterocycles. The molecular formula is C21H28O10. The van der Waals surface area contributed by atoms with E-state index in [0.29, 0.717) is 18.4 Å². The first-order chi connectivity index (χ1) is 14.8. The molecule has 2 fully saturated rings. The maximum absolute atomic E-state index is 12.0. The average Bonchev–Trinajstić information content (AvgIpc) is 2.75. The van der Waals surface area contributed by atoms with Crippen LogP contribution in [0.3, 0.4) is 0 Å². The molecule has 1 aromatic carbocycles. The molecule has 2 aliphatic rings. The molecule has 6 N–H and O–H groups in total. The Morgan fingerprint density at radius 3 is 2.48 bits per heavy atom. The topological polar surface area (TPSA) is 166 Å². The van der Waals surface area contributed by atoms with E-state index in [2.05, 4.69) is 0 Å². The van der Waals surface area contributed by atoms with Gasteiger partial charge in [-0.2, -0.15) is 0 Å². The lowest BCUT2D eigenvalue weighted by Gasteiger charge is -2.42. The molecule has 3 rings (SSSR count). The molecule has 0 unspecified atom stereocenters. The van der Waals surface area contributed by atoms with Crippen LogP contribution in [0.1, 0.15) is 31.2 Å². The van der Waals surface area contributed by atoms with E-state index in [-0.39, 0.29) is 11.5 Å². The Bertz CT molecular complexity index is 781. The van der Waals surface area contributed by atoms with Gasteiger partial charge in [0.15, 0.2) is 17.8 Å². The number of carbonyl (C=O) groups is 1. The van der Waals surface area contributed by atoms with Crippen LogP contribution in [-0.4, -0.2) is 86.1 Å². The molecule has 1 saturated carbocycles. The highest BCUT2D eigenvalue weighted by Crippen LogP contribution is 2.28. The first-order valence-corrected chi connectivity index (χ1v) is 10.2. The van der Waals surface area contributed by atoms with Gasteiger partial charge in [-0.3, -0.25) is 0 Å². The molecule has 7 atom stereocenters. The fourth-order valence-corrected chi connectivity index (χ4v) is 3.60. The maximum Gasteiger partial charge on any atom is 0.330 e. The Balaban J connectivity index is 1.55. The monoisotopic (exact) mass is 440 g/mol. The zero-order chi connectivity index (χ0) is 22.5. The summed E-state index contributed by atoms with van der Waals surface area (Å²) in [6.45, 7) is -0.415. The predicted octanol–water partition coefficient (Wildman–Crippen LogP) is -0.218. The first-order valence-electron chi connectivity index (χ1n) is 10.2. The van der Waals surface area contributed by atoms with Crippen molar-refractivity contribution in [1.82, 2.24) is 0 Å². The SMILES string of the molecule is O=C(/C=C/c1ccc(O)c(O)c1)OC[C@H]1O[C@@H](O[C@@H]2CCCC[C@H]2O)[C@H](O)[C@@H](O)[C@@H]1O. The van der Waals surface area contributed by atoms with Crippen molar-refractivity contribution in [3.63, 3.8) is 0 Å². The zero-order valence-corrected chi connectivity index (χ0v) is 16.8. The lowest BCUT2D eigenvalue weighted by atomic mass is 9.94. The highest BCUT2D eigenvalue weighted by molar-refractivity contribution is 5.87. The van der Waals surface area contributed by atoms with Crippen molar-refractivity contribution in [3.05, 3.63) is 29.8 Å². The van der Waals surface area contributed by atoms with Gasteiger partial charge in [0.25, 0.3) is 0 Å². The molecule has 1 aliphatic carbocycles. The van der Waals surface area contributed by atoms with Crippen molar-refractivity contribution in [3.8, 4) is 11.5 Å². The van der Waals surface area contributed by atoms with Gasteiger partial charge in [-0.1, -0.05) is 18.9 Å². The summed E-state index contributed by atoms with van der Waals surface area (Å²) < 4.78 is 16.2. The second-order valence-corrected chi connectivity index (χ2v) is 7.75.